The highest BCUT2D eigenvalue weighted by atomic mass is 16.5. The molecule has 4 N–H and O–H groups in total. The Bertz CT molecular complexity index is 709. The van der Waals surface area contributed by atoms with Gasteiger partial charge in [-0.1, -0.05) is 30.3 Å². The van der Waals surface area contributed by atoms with E-state index in [0.29, 0.717) is 5.75 Å². The summed E-state index contributed by atoms with van der Waals surface area (Å²) >= 11 is 0. The van der Waals surface area contributed by atoms with Crippen molar-refractivity contribution in [3.05, 3.63) is 65.7 Å². The first-order valence-electron chi connectivity index (χ1n) is 9.34. The van der Waals surface area contributed by atoms with Crippen LogP contribution >= 0.6 is 0 Å². The molecule has 0 aliphatic carbocycles. The third-order valence-corrected chi connectivity index (χ3v) is 4.17. The van der Waals surface area contributed by atoms with Gasteiger partial charge in [-0.2, -0.15) is 0 Å². The maximum atomic E-state index is 11.8. The summed E-state index contributed by atoms with van der Waals surface area (Å²) in [6.45, 7) is 8.59. The molecule has 0 fully saturated rings. The number of amides is 1. The molecule has 0 heterocycles. The number of quaternary nitrogens is 1. The molecule has 0 saturated heterocycles. The Hall–Kier alpha value is -2.37. The van der Waals surface area contributed by atoms with Gasteiger partial charge >= 0.3 is 0 Å². The third-order valence-electron chi connectivity index (χ3n) is 4.17. The van der Waals surface area contributed by atoms with Crippen LogP contribution in [-0.4, -0.2) is 29.2 Å². The van der Waals surface area contributed by atoms with Crippen molar-refractivity contribution in [3.63, 3.8) is 0 Å². The number of carbonyl (C=O) groups excluding carboxylic acids is 1. The number of nitrogens with two attached hydrogens (primary N) is 1. The van der Waals surface area contributed by atoms with E-state index < -0.39 is 6.10 Å². The van der Waals surface area contributed by atoms with E-state index in [-0.39, 0.29) is 24.1 Å². The molecule has 146 valence electrons. The van der Waals surface area contributed by atoms with Crippen molar-refractivity contribution >= 4 is 5.91 Å². The number of hydrogen-bond donors (Lipinski definition) is 3. The number of aliphatic hydroxyl groups excluding tert-OH is 1. The predicted molar refractivity (Wildman–Crippen MR) is 106 cm³/mol. The molecule has 0 aromatic heterocycles. The van der Waals surface area contributed by atoms with Crippen molar-refractivity contribution in [2.24, 2.45) is 0 Å². The van der Waals surface area contributed by atoms with Gasteiger partial charge in [-0.05, 0) is 57.5 Å². The third kappa shape index (κ3) is 7.41. The molecule has 5 heteroatoms. The van der Waals surface area contributed by atoms with Gasteiger partial charge in [0.25, 0.3) is 5.91 Å². The Labute approximate surface area is 161 Å². The van der Waals surface area contributed by atoms with Crippen LogP contribution in [0.15, 0.2) is 54.6 Å². The monoisotopic (exact) mass is 371 g/mol. The summed E-state index contributed by atoms with van der Waals surface area (Å²) in [7, 11) is 0. The number of rotatable bonds is 8. The second kappa shape index (κ2) is 9.53. The second-order valence-corrected chi connectivity index (χ2v) is 7.89. The fourth-order valence-electron chi connectivity index (χ4n) is 2.73. The van der Waals surface area contributed by atoms with Crippen LogP contribution in [0, 0.1) is 0 Å². The molecule has 0 saturated carbocycles. The first-order valence-corrected chi connectivity index (χ1v) is 9.34. The first kappa shape index (κ1) is 20.9. The first-order chi connectivity index (χ1) is 12.7. The van der Waals surface area contributed by atoms with Crippen LogP contribution in [0.25, 0.3) is 0 Å². The fraction of sp³-hybridized carbons (Fsp3) is 0.409. The molecular formula is C22H31N2O3+. The maximum absolute atomic E-state index is 11.8. The molecular weight excluding hydrogens is 340 g/mol. The Morgan fingerprint density at radius 2 is 1.74 bits per heavy atom. The van der Waals surface area contributed by atoms with Gasteiger partial charge in [0, 0.05) is 11.1 Å². The molecule has 0 bridgehead atoms. The highest BCUT2D eigenvalue weighted by Gasteiger charge is 2.19. The number of hydrogen-bond acceptors (Lipinski definition) is 3. The summed E-state index contributed by atoms with van der Waals surface area (Å²) < 4.78 is 5.53. The van der Waals surface area contributed by atoms with Gasteiger partial charge in [0.2, 0.25) is 0 Å². The van der Waals surface area contributed by atoms with E-state index >= 15 is 0 Å². The molecule has 2 atom stereocenters. The number of carbonyl (C=O) groups is 1. The smallest absolute Gasteiger partial charge is 0.258 e. The zero-order chi connectivity index (χ0) is 19.9. The van der Waals surface area contributed by atoms with E-state index in [4.69, 9.17) is 4.74 Å². The molecule has 2 rings (SSSR count). The predicted octanol–water partition coefficient (Wildman–Crippen LogP) is 2.17. The molecule has 0 aliphatic heterocycles. The van der Waals surface area contributed by atoms with E-state index in [1.807, 2.05) is 82.3 Å². The van der Waals surface area contributed by atoms with E-state index in [2.05, 4.69) is 10.6 Å². The molecule has 2 aromatic rings. The Kier molecular flexibility index (Phi) is 7.39. The van der Waals surface area contributed by atoms with Gasteiger partial charge in [-0.25, -0.2) is 0 Å². The van der Waals surface area contributed by atoms with Crippen LogP contribution in [-0.2, 0) is 11.3 Å². The SMILES string of the molecule is C[C@H]([NH2+]Cc1ccc(OCC(=O)NC(C)(C)C)cc1)[C@@H](O)c1ccccc1. The summed E-state index contributed by atoms with van der Waals surface area (Å²) in [5.74, 6) is 0.531. The van der Waals surface area contributed by atoms with Gasteiger partial charge in [-0.3, -0.25) is 4.79 Å². The summed E-state index contributed by atoms with van der Waals surface area (Å²) in [5.41, 5.74) is 1.80. The Morgan fingerprint density at radius 3 is 2.33 bits per heavy atom. The maximum Gasteiger partial charge on any atom is 0.258 e. The normalized spacial score (nSPS) is 13.7. The highest BCUT2D eigenvalue weighted by Crippen LogP contribution is 2.15. The average molecular weight is 372 g/mol. The standard InChI is InChI=1S/C22H30N2O3/c1-16(21(26)18-8-6-5-7-9-18)23-14-17-10-12-19(13-11-17)27-15-20(25)24-22(2,3)4/h5-13,16,21,23,26H,14-15H2,1-4H3,(H,24,25)/p+1/t16-,21+/m0/s1. The zero-order valence-electron chi connectivity index (χ0n) is 16.6. The lowest BCUT2D eigenvalue weighted by Gasteiger charge is -2.20. The average Bonchev–Trinajstić information content (AvgIpc) is 2.64. The van der Waals surface area contributed by atoms with Crippen LogP contribution in [0.4, 0.5) is 0 Å². The number of benzene rings is 2. The molecule has 2 aromatic carbocycles. The number of aliphatic hydroxyl groups is 1. The number of nitrogens with one attached hydrogen (secondary N) is 1. The molecule has 5 nitrogen and oxygen atoms in total. The molecule has 0 aliphatic rings. The van der Waals surface area contributed by atoms with Crippen molar-refractivity contribution in [2.75, 3.05) is 6.61 Å². The molecule has 27 heavy (non-hydrogen) atoms. The van der Waals surface area contributed by atoms with Crippen molar-refractivity contribution in [1.82, 2.24) is 5.32 Å². The fourth-order valence-corrected chi connectivity index (χ4v) is 2.73. The summed E-state index contributed by atoms with van der Waals surface area (Å²) in [5, 5.41) is 15.4. The highest BCUT2D eigenvalue weighted by molar-refractivity contribution is 5.78. The van der Waals surface area contributed by atoms with E-state index in [9.17, 15) is 9.90 Å². The van der Waals surface area contributed by atoms with Gasteiger partial charge in [0.15, 0.2) is 6.61 Å². The molecule has 0 spiro atoms. The quantitative estimate of drug-likeness (QED) is 0.666. The minimum atomic E-state index is -0.505. The molecule has 0 radical (unpaired) electrons. The summed E-state index contributed by atoms with van der Waals surface area (Å²) in [6.07, 6.45) is -0.505. The van der Waals surface area contributed by atoms with Gasteiger partial charge in [-0.15, -0.1) is 0 Å². The number of ether oxygens (including phenoxy) is 1. The largest absolute Gasteiger partial charge is 0.484 e. The summed E-state index contributed by atoms with van der Waals surface area (Å²) in [6, 6.07) is 17.4. The van der Waals surface area contributed by atoms with E-state index in [1.54, 1.807) is 0 Å². The van der Waals surface area contributed by atoms with E-state index in [1.165, 1.54) is 0 Å². The molecule has 1 amide bonds. The topological polar surface area (TPSA) is 75.2 Å². The van der Waals surface area contributed by atoms with Crippen molar-refractivity contribution < 1.29 is 20.0 Å². The van der Waals surface area contributed by atoms with Crippen LogP contribution in [0.1, 0.15) is 44.9 Å². The lowest BCUT2D eigenvalue weighted by atomic mass is 10.0. The van der Waals surface area contributed by atoms with Crippen LogP contribution < -0.4 is 15.4 Å². The molecule has 0 unspecified atom stereocenters. The summed E-state index contributed by atoms with van der Waals surface area (Å²) in [4.78, 5) is 11.8. The van der Waals surface area contributed by atoms with Crippen LogP contribution in [0.5, 0.6) is 5.75 Å². The lowest BCUT2D eigenvalue weighted by Crippen LogP contribution is -2.88. The van der Waals surface area contributed by atoms with Crippen molar-refractivity contribution in [1.29, 1.82) is 0 Å². The van der Waals surface area contributed by atoms with Gasteiger partial charge in [0.1, 0.15) is 24.4 Å². The Balaban J connectivity index is 1.79. The van der Waals surface area contributed by atoms with Gasteiger partial charge in [0.05, 0.1) is 0 Å². The van der Waals surface area contributed by atoms with Crippen LogP contribution in [0.2, 0.25) is 0 Å². The minimum absolute atomic E-state index is 0.00302. The second-order valence-electron chi connectivity index (χ2n) is 7.89. The zero-order valence-corrected chi connectivity index (χ0v) is 16.6. The Morgan fingerprint density at radius 1 is 1.11 bits per heavy atom. The van der Waals surface area contributed by atoms with Crippen molar-refractivity contribution in [3.8, 4) is 5.75 Å². The van der Waals surface area contributed by atoms with Gasteiger partial charge < -0.3 is 20.5 Å². The van der Waals surface area contributed by atoms with Crippen molar-refractivity contribution in [2.45, 2.75) is 51.9 Å². The lowest BCUT2D eigenvalue weighted by molar-refractivity contribution is -0.709. The minimum Gasteiger partial charge on any atom is -0.484 e. The van der Waals surface area contributed by atoms with Crippen LogP contribution in [0.3, 0.4) is 0 Å². The van der Waals surface area contributed by atoms with E-state index in [0.717, 1.165) is 17.7 Å².